The average Bonchev–Trinajstić information content (AvgIpc) is 3.36. The van der Waals surface area contributed by atoms with E-state index in [1.807, 2.05) is 0 Å². The molecular formula is C19H17F3N2O3S. The van der Waals surface area contributed by atoms with Gasteiger partial charge in [-0.2, -0.15) is 18.4 Å². The maximum absolute atomic E-state index is 13.1. The molecule has 4 rings (SSSR count). The van der Waals surface area contributed by atoms with Gasteiger partial charge in [0, 0.05) is 12.5 Å². The summed E-state index contributed by atoms with van der Waals surface area (Å²) >= 11 is 0. The fourth-order valence-electron chi connectivity index (χ4n) is 4.08. The third-order valence-corrected chi connectivity index (χ3v) is 7.41. The number of fused-ring (bicyclic) bond motifs is 5. The van der Waals surface area contributed by atoms with Crippen LogP contribution in [0, 0.1) is 42.9 Å². The highest BCUT2D eigenvalue weighted by Gasteiger charge is 2.61. The van der Waals surface area contributed by atoms with Crippen molar-refractivity contribution in [3.05, 3.63) is 29.3 Å². The fraction of sp³-hybridized carbons (Fsp3) is 0.421. The van der Waals surface area contributed by atoms with Crippen molar-refractivity contribution in [3.63, 3.8) is 0 Å². The third-order valence-electron chi connectivity index (χ3n) is 5.10. The minimum Gasteiger partial charge on any atom is -0.373 e. The summed E-state index contributed by atoms with van der Waals surface area (Å²) in [6.07, 6.45) is 12.2. The Morgan fingerprint density at radius 3 is 2.29 bits per heavy atom. The van der Waals surface area contributed by atoms with Gasteiger partial charge < -0.3 is 4.74 Å². The van der Waals surface area contributed by atoms with E-state index in [1.165, 1.54) is 12.1 Å². The van der Waals surface area contributed by atoms with E-state index in [-0.39, 0.29) is 30.4 Å². The molecule has 4 atom stereocenters. The standard InChI is InChI=1S/C15H13F3N2O3S.2C2H2/c16-15(17,18)11-5-9(2-1-8(11)6-19)20-7-10-12-3-4-13(23-12)14(10)24(20,21)22;2*1-2/h1-2,5,10,12-14H,3-4,7H2;2*1-2H/t10?,12-,13+,14?;;/m1../s1. The highest BCUT2D eigenvalue weighted by Crippen LogP contribution is 2.49. The molecule has 0 amide bonds. The van der Waals surface area contributed by atoms with Crippen LogP contribution in [0.1, 0.15) is 24.0 Å². The molecule has 3 heterocycles. The van der Waals surface area contributed by atoms with Crippen molar-refractivity contribution >= 4 is 15.7 Å². The Kier molecular flexibility index (Phi) is 5.99. The number of ether oxygens (including phenoxy) is 1. The number of hydrogen-bond acceptors (Lipinski definition) is 4. The Morgan fingerprint density at radius 2 is 1.75 bits per heavy atom. The molecule has 1 aromatic rings. The minimum absolute atomic E-state index is 0.0462. The van der Waals surface area contributed by atoms with Gasteiger partial charge in [-0.1, -0.05) is 0 Å². The Hall–Kier alpha value is -2.67. The first-order valence-electron chi connectivity index (χ1n) is 8.18. The maximum Gasteiger partial charge on any atom is 0.417 e. The van der Waals surface area contributed by atoms with Crippen LogP contribution < -0.4 is 4.31 Å². The topological polar surface area (TPSA) is 70.4 Å². The molecule has 3 fully saturated rings. The maximum atomic E-state index is 13.1. The van der Waals surface area contributed by atoms with Crippen LogP contribution in [0.25, 0.3) is 0 Å². The van der Waals surface area contributed by atoms with E-state index in [0.29, 0.717) is 6.42 Å². The van der Waals surface area contributed by atoms with Gasteiger partial charge in [-0.3, -0.25) is 4.31 Å². The van der Waals surface area contributed by atoms with Crippen molar-refractivity contribution in [2.45, 2.75) is 36.5 Å². The second kappa shape index (κ2) is 7.75. The zero-order chi connectivity index (χ0) is 21.3. The summed E-state index contributed by atoms with van der Waals surface area (Å²) in [6, 6.07) is 4.53. The minimum atomic E-state index is -4.72. The summed E-state index contributed by atoms with van der Waals surface area (Å²) < 4.78 is 71.6. The molecule has 9 heteroatoms. The van der Waals surface area contributed by atoms with Crippen molar-refractivity contribution in [3.8, 4) is 31.8 Å². The van der Waals surface area contributed by atoms with E-state index < -0.39 is 32.6 Å². The second-order valence-electron chi connectivity index (χ2n) is 6.33. The van der Waals surface area contributed by atoms with Crippen LogP contribution in [-0.2, 0) is 20.9 Å². The number of terminal acetylenes is 2. The fourth-order valence-corrected chi connectivity index (χ4v) is 6.45. The number of anilines is 1. The summed E-state index contributed by atoms with van der Waals surface area (Å²) in [5.41, 5.74) is -1.68. The zero-order valence-corrected chi connectivity index (χ0v) is 15.4. The van der Waals surface area contributed by atoms with E-state index in [0.717, 1.165) is 22.9 Å². The summed E-state index contributed by atoms with van der Waals surface area (Å²) in [5, 5.41) is 8.17. The lowest BCUT2D eigenvalue weighted by Crippen LogP contribution is -2.36. The molecule has 3 aliphatic rings. The van der Waals surface area contributed by atoms with Crippen molar-refractivity contribution in [1.29, 1.82) is 5.26 Å². The van der Waals surface area contributed by atoms with Crippen molar-refractivity contribution < 1.29 is 26.3 Å². The summed E-state index contributed by atoms with van der Waals surface area (Å²) in [5.74, 6) is -0.210. The highest BCUT2D eigenvalue weighted by atomic mass is 32.2. The number of alkyl halides is 3. The Bertz CT molecular complexity index is 925. The molecule has 0 aromatic heterocycles. The molecule has 0 aliphatic carbocycles. The van der Waals surface area contributed by atoms with E-state index >= 15 is 0 Å². The number of benzene rings is 1. The predicted molar refractivity (Wildman–Crippen MR) is 97.4 cm³/mol. The normalized spacial score (nSPS) is 28.9. The SMILES string of the molecule is C#C.C#C.N#Cc1ccc(N2CC3C([C@@H]4CC[C@H]3O4)S2(=O)=O)cc1C(F)(F)F. The first-order valence-corrected chi connectivity index (χ1v) is 9.69. The largest absolute Gasteiger partial charge is 0.417 e. The Balaban J connectivity index is 0.000000660. The Morgan fingerprint density at radius 1 is 1.14 bits per heavy atom. The van der Waals surface area contributed by atoms with Crippen LogP contribution in [0.15, 0.2) is 18.2 Å². The molecule has 2 unspecified atom stereocenters. The number of rotatable bonds is 1. The van der Waals surface area contributed by atoms with Crippen LogP contribution in [0.3, 0.4) is 0 Å². The first kappa shape index (κ1) is 21.6. The van der Waals surface area contributed by atoms with Crippen LogP contribution in [0.4, 0.5) is 18.9 Å². The number of halogens is 3. The van der Waals surface area contributed by atoms with Crippen LogP contribution in [-0.4, -0.2) is 32.4 Å². The molecule has 5 nitrogen and oxygen atoms in total. The lowest BCUT2D eigenvalue weighted by molar-refractivity contribution is -0.137. The van der Waals surface area contributed by atoms with Gasteiger partial charge in [-0.05, 0) is 31.0 Å². The molecule has 1 aromatic carbocycles. The predicted octanol–water partition coefficient (Wildman–Crippen LogP) is 2.77. The van der Waals surface area contributed by atoms with E-state index in [9.17, 15) is 21.6 Å². The number of nitrogens with zero attached hydrogens (tertiary/aromatic N) is 2. The van der Waals surface area contributed by atoms with Crippen molar-refractivity contribution in [2.24, 2.45) is 5.92 Å². The zero-order valence-electron chi connectivity index (χ0n) is 14.6. The molecule has 3 aliphatic heterocycles. The lowest BCUT2D eigenvalue weighted by atomic mass is 9.89. The van der Waals surface area contributed by atoms with Gasteiger partial charge in [-0.25, -0.2) is 8.42 Å². The number of sulfonamides is 1. The quantitative estimate of drug-likeness (QED) is 0.668. The molecule has 3 saturated heterocycles. The molecule has 28 heavy (non-hydrogen) atoms. The van der Waals surface area contributed by atoms with E-state index in [4.69, 9.17) is 10.00 Å². The van der Waals surface area contributed by atoms with Gasteiger partial charge in [0.15, 0.2) is 0 Å². The highest BCUT2D eigenvalue weighted by molar-refractivity contribution is 7.93. The molecular weight excluding hydrogens is 393 g/mol. The van der Waals surface area contributed by atoms with Gasteiger partial charge in [0.05, 0.1) is 35.1 Å². The van der Waals surface area contributed by atoms with Gasteiger partial charge in [0.25, 0.3) is 0 Å². The summed E-state index contributed by atoms with van der Waals surface area (Å²) in [7, 11) is -3.77. The second-order valence-corrected chi connectivity index (χ2v) is 8.35. The van der Waals surface area contributed by atoms with E-state index in [2.05, 4.69) is 25.7 Å². The van der Waals surface area contributed by atoms with Crippen LogP contribution >= 0.6 is 0 Å². The Labute approximate surface area is 162 Å². The number of hydrogen-bond donors (Lipinski definition) is 0. The van der Waals surface area contributed by atoms with Crippen LogP contribution in [0.2, 0.25) is 0 Å². The monoisotopic (exact) mass is 410 g/mol. The van der Waals surface area contributed by atoms with Gasteiger partial charge in [-0.15, -0.1) is 25.7 Å². The third kappa shape index (κ3) is 3.30. The first-order chi connectivity index (χ1) is 13.2. The lowest BCUT2D eigenvalue weighted by Gasteiger charge is -2.22. The molecule has 2 bridgehead atoms. The van der Waals surface area contributed by atoms with Crippen LogP contribution in [0.5, 0.6) is 0 Å². The van der Waals surface area contributed by atoms with E-state index in [1.54, 1.807) is 0 Å². The van der Waals surface area contributed by atoms with Crippen molar-refractivity contribution in [2.75, 3.05) is 10.8 Å². The summed E-state index contributed by atoms with van der Waals surface area (Å²) in [4.78, 5) is 0. The van der Waals surface area contributed by atoms with Crippen molar-refractivity contribution in [1.82, 2.24) is 0 Å². The molecule has 0 radical (unpaired) electrons. The molecule has 0 N–H and O–H groups in total. The van der Waals surface area contributed by atoms with Gasteiger partial charge >= 0.3 is 6.18 Å². The molecule has 148 valence electrons. The van der Waals surface area contributed by atoms with Gasteiger partial charge in [0.1, 0.15) is 5.25 Å². The smallest absolute Gasteiger partial charge is 0.373 e. The summed E-state index contributed by atoms with van der Waals surface area (Å²) in [6.45, 7) is 0.122. The molecule has 0 saturated carbocycles. The average molecular weight is 410 g/mol. The molecule has 0 spiro atoms. The van der Waals surface area contributed by atoms with Gasteiger partial charge in [0.2, 0.25) is 10.0 Å². The number of nitriles is 1.